The minimum atomic E-state index is -0.376. The van der Waals surface area contributed by atoms with Crippen LogP contribution >= 0.6 is 23.5 Å². The number of thioether (sulfide) groups is 2. The molecule has 2 aliphatic heterocycles. The molecule has 5 nitrogen and oxygen atoms in total. The third-order valence-electron chi connectivity index (χ3n) is 4.23. The van der Waals surface area contributed by atoms with E-state index in [-0.39, 0.29) is 17.3 Å². The molecule has 2 aliphatic rings. The van der Waals surface area contributed by atoms with Gasteiger partial charge < -0.3 is 0 Å². The number of nitrogens with one attached hydrogen (secondary N) is 1. The maximum Gasteiger partial charge on any atom is 0.283 e. The standard InChI is InChI=1S/C18H20N4OS2/c1-4-12(5-2)17-21-22-15(19)14(16(23)20-18(22)25-17)10-11-6-8-13(24-3)9-7-11/h6-10,12,19H,4-5H2,1-3H3/b14-10+,19-15?. The van der Waals surface area contributed by atoms with Crippen molar-refractivity contribution < 1.29 is 4.79 Å². The quantitative estimate of drug-likeness (QED) is 0.612. The zero-order chi connectivity index (χ0) is 18.0. The molecular weight excluding hydrogens is 352 g/mol. The fourth-order valence-corrected chi connectivity index (χ4v) is 4.24. The van der Waals surface area contributed by atoms with Gasteiger partial charge in [-0.15, -0.1) is 11.8 Å². The summed E-state index contributed by atoms with van der Waals surface area (Å²) in [5.74, 6) is 0.0591. The van der Waals surface area contributed by atoms with E-state index in [1.807, 2.05) is 30.5 Å². The van der Waals surface area contributed by atoms with Crippen LogP contribution in [0.15, 0.2) is 44.8 Å². The monoisotopic (exact) mass is 372 g/mol. The molecule has 0 saturated heterocycles. The number of carbonyl (C=O) groups is 1. The predicted molar refractivity (Wildman–Crippen MR) is 107 cm³/mol. The first kappa shape index (κ1) is 17.9. The minimum Gasteiger partial charge on any atom is -0.282 e. The van der Waals surface area contributed by atoms with Crippen molar-refractivity contribution in [1.29, 1.82) is 5.41 Å². The molecule has 3 rings (SSSR count). The summed E-state index contributed by atoms with van der Waals surface area (Å²) < 4.78 is 0. The molecule has 0 radical (unpaired) electrons. The Balaban J connectivity index is 1.90. The van der Waals surface area contributed by atoms with E-state index in [9.17, 15) is 4.79 Å². The van der Waals surface area contributed by atoms with Crippen molar-refractivity contribution in [2.45, 2.75) is 31.6 Å². The lowest BCUT2D eigenvalue weighted by Crippen LogP contribution is -2.35. The number of amidine groups is 2. The first-order valence-corrected chi connectivity index (χ1v) is 10.3. The zero-order valence-electron chi connectivity index (χ0n) is 14.4. The number of hydrogen-bond donors (Lipinski definition) is 1. The molecule has 0 saturated carbocycles. The smallest absolute Gasteiger partial charge is 0.282 e. The average Bonchev–Trinajstić information content (AvgIpc) is 3.04. The lowest BCUT2D eigenvalue weighted by atomic mass is 10.1. The van der Waals surface area contributed by atoms with Gasteiger partial charge in [0.05, 0.1) is 5.57 Å². The number of amides is 1. The van der Waals surface area contributed by atoms with Crippen molar-refractivity contribution in [3.05, 3.63) is 35.4 Å². The molecule has 0 unspecified atom stereocenters. The Morgan fingerprint density at radius 1 is 1.28 bits per heavy atom. The van der Waals surface area contributed by atoms with E-state index in [1.165, 1.54) is 16.8 Å². The van der Waals surface area contributed by atoms with Gasteiger partial charge in [0.15, 0.2) is 5.84 Å². The van der Waals surface area contributed by atoms with Crippen LogP contribution in [0.3, 0.4) is 0 Å². The van der Waals surface area contributed by atoms with Gasteiger partial charge in [0, 0.05) is 10.8 Å². The molecule has 25 heavy (non-hydrogen) atoms. The number of hydrazone groups is 1. The molecule has 0 bridgehead atoms. The van der Waals surface area contributed by atoms with Gasteiger partial charge in [0.1, 0.15) is 5.04 Å². The van der Waals surface area contributed by atoms with E-state index in [0.717, 1.165) is 28.3 Å². The summed E-state index contributed by atoms with van der Waals surface area (Å²) in [5, 5.41) is 15.9. The molecule has 0 fully saturated rings. The summed E-state index contributed by atoms with van der Waals surface area (Å²) >= 11 is 3.07. The van der Waals surface area contributed by atoms with Crippen molar-refractivity contribution in [2.24, 2.45) is 16.0 Å². The summed E-state index contributed by atoms with van der Waals surface area (Å²) in [6.45, 7) is 4.24. The van der Waals surface area contributed by atoms with Crippen molar-refractivity contribution in [3.63, 3.8) is 0 Å². The highest BCUT2D eigenvalue weighted by atomic mass is 32.2. The molecule has 0 aliphatic carbocycles. The van der Waals surface area contributed by atoms with Gasteiger partial charge in [-0.25, -0.2) is 0 Å². The number of benzene rings is 1. The maximum atomic E-state index is 12.4. The lowest BCUT2D eigenvalue weighted by Gasteiger charge is -2.20. The third kappa shape index (κ3) is 3.57. The topological polar surface area (TPSA) is 68.9 Å². The largest absolute Gasteiger partial charge is 0.283 e. The molecule has 0 atom stereocenters. The second-order valence-electron chi connectivity index (χ2n) is 5.74. The summed E-state index contributed by atoms with van der Waals surface area (Å²) in [6, 6.07) is 7.88. The molecule has 130 valence electrons. The average molecular weight is 373 g/mol. The van der Waals surface area contributed by atoms with Gasteiger partial charge in [-0.3, -0.25) is 10.2 Å². The molecule has 0 aromatic heterocycles. The Hall–Kier alpha value is -1.86. The van der Waals surface area contributed by atoms with E-state index in [0.29, 0.717) is 11.1 Å². The van der Waals surface area contributed by atoms with Crippen molar-refractivity contribution in [2.75, 3.05) is 6.26 Å². The van der Waals surface area contributed by atoms with Crippen LogP contribution < -0.4 is 0 Å². The zero-order valence-corrected chi connectivity index (χ0v) is 16.1. The number of aliphatic imine (C=N–C) groups is 1. The summed E-state index contributed by atoms with van der Waals surface area (Å²) in [4.78, 5) is 17.7. The van der Waals surface area contributed by atoms with Crippen molar-refractivity contribution >= 4 is 51.6 Å². The predicted octanol–water partition coefficient (Wildman–Crippen LogP) is 4.46. The van der Waals surface area contributed by atoms with Crippen LogP contribution in [-0.2, 0) is 4.79 Å². The number of carbonyl (C=O) groups excluding carboxylic acids is 1. The van der Waals surface area contributed by atoms with E-state index < -0.39 is 0 Å². The van der Waals surface area contributed by atoms with Gasteiger partial charge in [-0.2, -0.15) is 15.1 Å². The number of rotatable bonds is 5. The number of nitrogens with zero attached hydrogens (tertiary/aromatic N) is 3. The van der Waals surface area contributed by atoms with Crippen LogP contribution in [0.1, 0.15) is 32.3 Å². The fourth-order valence-electron chi connectivity index (χ4n) is 2.68. The van der Waals surface area contributed by atoms with Crippen LogP contribution in [0.5, 0.6) is 0 Å². The van der Waals surface area contributed by atoms with Crippen LogP contribution in [0.4, 0.5) is 0 Å². The Labute approximate surface area is 156 Å². The van der Waals surface area contributed by atoms with E-state index in [1.54, 1.807) is 17.8 Å². The lowest BCUT2D eigenvalue weighted by molar-refractivity contribution is -0.114. The summed E-state index contributed by atoms with van der Waals surface area (Å²) in [7, 11) is 0. The third-order valence-corrected chi connectivity index (χ3v) is 6.05. The summed E-state index contributed by atoms with van der Waals surface area (Å²) in [6.07, 6.45) is 5.69. The highest BCUT2D eigenvalue weighted by Crippen LogP contribution is 2.32. The second kappa shape index (κ2) is 7.58. The Morgan fingerprint density at radius 3 is 2.56 bits per heavy atom. The molecule has 1 aromatic rings. The first-order valence-electron chi connectivity index (χ1n) is 8.21. The molecule has 1 N–H and O–H groups in total. The Kier molecular flexibility index (Phi) is 5.44. The highest BCUT2D eigenvalue weighted by Gasteiger charge is 2.37. The fraction of sp³-hybridized carbons (Fsp3) is 0.333. The minimum absolute atomic E-state index is 0.0948. The van der Waals surface area contributed by atoms with Gasteiger partial charge in [0.25, 0.3) is 5.91 Å². The van der Waals surface area contributed by atoms with E-state index >= 15 is 0 Å². The van der Waals surface area contributed by atoms with Crippen LogP contribution in [0.2, 0.25) is 0 Å². The van der Waals surface area contributed by atoms with E-state index in [2.05, 4.69) is 23.9 Å². The molecule has 1 aromatic carbocycles. The maximum absolute atomic E-state index is 12.4. The van der Waals surface area contributed by atoms with Crippen molar-refractivity contribution in [3.8, 4) is 0 Å². The first-order chi connectivity index (χ1) is 12.1. The Morgan fingerprint density at radius 2 is 1.96 bits per heavy atom. The molecule has 7 heteroatoms. The normalized spacial score (nSPS) is 18.7. The van der Waals surface area contributed by atoms with Gasteiger partial charge >= 0.3 is 0 Å². The SMILES string of the molecule is CCC(CC)C1=NN2C(=N)/C(=C\c3ccc(SC)cc3)C(=O)N=C2S1. The molecule has 2 heterocycles. The molecule has 1 amide bonds. The Bertz CT molecular complexity index is 792. The van der Waals surface area contributed by atoms with Gasteiger partial charge in [-0.1, -0.05) is 26.0 Å². The van der Waals surface area contributed by atoms with Crippen molar-refractivity contribution in [1.82, 2.24) is 5.01 Å². The van der Waals surface area contributed by atoms with Gasteiger partial charge in [0.2, 0.25) is 5.17 Å². The molecular formula is C18H20N4OS2. The van der Waals surface area contributed by atoms with E-state index in [4.69, 9.17) is 5.41 Å². The number of fused-ring (bicyclic) bond motifs is 1. The number of hydrogen-bond acceptors (Lipinski definition) is 5. The highest BCUT2D eigenvalue weighted by molar-refractivity contribution is 8.27. The van der Waals surface area contributed by atoms with Crippen LogP contribution in [0.25, 0.3) is 6.08 Å². The molecule has 0 spiro atoms. The summed E-state index contributed by atoms with van der Waals surface area (Å²) in [5.41, 5.74) is 1.15. The second-order valence-corrected chi connectivity index (χ2v) is 7.61. The van der Waals surface area contributed by atoms with Crippen LogP contribution in [0, 0.1) is 11.3 Å². The van der Waals surface area contributed by atoms with Gasteiger partial charge in [-0.05, 0) is 54.6 Å². The van der Waals surface area contributed by atoms with Crippen LogP contribution in [-0.4, -0.2) is 33.2 Å².